The minimum Gasteiger partial charge on any atom is -0.303 e. The maximum atomic E-state index is 4.70. The van der Waals surface area contributed by atoms with Gasteiger partial charge in [-0.3, -0.25) is 9.97 Å². The van der Waals surface area contributed by atoms with Gasteiger partial charge in [-0.2, -0.15) is 0 Å². The van der Waals surface area contributed by atoms with Gasteiger partial charge in [-0.25, -0.2) is 0 Å². The van der Waals surface area contributed by atoms with E-state index in [1.54, 1.807) is 0 Å². The highest BCUT2D eigenvalue weighted by molar-refractivity contribution is 5.77. The van der Waals surface area contributed by atoms with Crippen LogP contribution in [0.15, 0.2) is 42.7 Å². The molecule has 0 unspecified atom stereocenters. The number of fused-ring (bicyclic) bond motifs is 1. The van der Waals surface area contributed by atoms with E-state index in [4.69, 9.17) is 4.98 Å². The van der Waals surface area contributed by atoms with Crippen LogP contribution in [0.2, 0.25) is 0 Å². The maximum absolute atomic E-state index is 4.70. The van der Waals surface area contributed by atoms with Crippen molar-refractivity contribution in [3.63, 3.8) is 0 Å². The van der Waals surface area contributed by atoms with Gasteiger partial charge in [-0.05, 0) is 69.3 Å². The molecule has 0 N–H and O–H groups in total. The number of piperidine rings is 1. The van der Waals surface area contributed by atoms with Crippen molar-refractivity contribution in [1.29, 1.82) is 0 Å². The first-order valence-electron chi connectivity index (χ1n) is 8.96. The fraction of sp³-hybridized carbons (Fsp3) is 0.500. The Morgan fingerprint density at radius 3 is 2.83 bits per heavy atom. The highest BCUT2D eigenvalue weighted by atomic mass is 15.1. The lowest BCUT2D eigenvalue weighted by Crippen LogP contribution is -2.36. The SMILES string of the molecule is C1=CC[C@@H](CN2CCC(c3cc4ncccc4cn3)CC2)CC1. The Morgan fingerprint density at radius 2 is 2.00 bits per heavy atom. The van der Waals surface area contributed by atoms with Crippen molar-refractivity contribution in [2.45, 2.75) is 38.0 Å². The minimum absolute atomic E-state index is 0.601. The number of hydrogen-bond acceptors (Lipinski definition) is 3. The van der Waals surface area contributed by atoms with Gasteiger partial charge in [-0.1, -0.05) is 12.2 Å². The Morgan fingerprint density at radius 1 is 1.09 bits per heavy atom. The lowest BCUT2D eigenvalue weighted by molar-refractivity contribution is 0.177. The molecule has 2 aromatic rings. The molecule has 1 aliphatic carbocycles. The second-order valence-electron chi connectivity index (χ2n) is 7.03. The van der Waals surface area contributed by atoms with Gasteiger partial charge >= 0.3 is 0 Å². The van der Waals surface area contributed by atoms with Crippen molar-refractivity contribution in [2.24, 2.45) is 5.92 Å². The summed E-state index contributed by atoms with van der Waals surface area (Å²) in [4.78, 5) is 11.8. The molecule has 0 aromatic carbocycles. The third-order valence-electron chi connectivity index (χ3n) is 5.41. The molecule has 0 spiro atoms. The Bertz CT molecular complexity index is 686. The van der Waals surface area contributed by atoms with Crippen LogP contribution in [0.25, 0.3) is 10.9 Å². The molecule has 1 aliphatic heterocycles. The summed E-state index contributed by atoms with van der Waals surface area (Å²) in [5, 5.41) is 1.14. The normalized spacial score (nSPS) is 23.4. The van der Waals surface area contributed by atoms with Crippen LogP contribution in [0.4, 0.5) is 0 Å². The molecular weight excluding hydrogens is 282 g/mol. The van der Waals surface area contributed by atoms with Crippen LogP contribution in [0.5, 0.6) is 0 Å². The second kappa shape index (κ2) is 6.79. The van der Waals surface area contributed by atoms with Crippen molar-refractivity contribution in [3.8, 4) is 0 Å². The molecule has 120 valence electrons. The van der Waals surface area contributed by atoms with Crippen LogP contribution in [-0.4, -0.2) is 34.5 Å². The molecule has 3 heteroatoms. The van der Waals surface area contributed by atoms with Crippen LogP contribution < -0.4 is 0 Å². The van der Waals surface area contributed by atoms with E-state index in [-0.39, 0.29) is 0 Å². The fourth-order valence-corrected chi connectivity index (χ4v) is 4.00. The van der Waals surface area contributed by atoms with Crippen LogP contribution in [0.3, 0.4) is 0 Å². The molecule has 0 bridgehead atoms. The standard InChI is InChI=1S/C20H25N3/c1-2-5-16(6-3-1)15-23-11-8-17(9-12-23)19-13-20-18(14-22-19)7-4-10-21-20/h1-2,4,7,10,13-14,16-17H,3,5-6,8-9,11-12,15H2/t16-/m1/s1. The van der Waals surface area contributed by atoms with Crippen molar-refractivity contribution < 1.29 is 0 Å². The molecule has 3 nitrogen and oxygen atoms in total. The molecule has 1 atom stereocenters. The van der Waals surface area contributed by atoms with E-state index in [1.165, 1.54) is 57.4 Å². The molecular formula is C20H25N3. The average molecular weight is 307 g/mol. The Hall–Kier alpha value is -1.74. The Balaban J connectivity index is 1.37. The summed E-state index contributed by atoms with van der Waals surface area (Å²) in [7, 11) is 0. The first-order valence-corrected chi connectivity index (χ1v) is 8.96. The van der Waals surface area contributed by atoms with Gasteiger partial charge in [0.2, 0.25) is 0 Å². The third-order valence-corrected chi connectivity index (χ3v) is 5.41. The largest absolute Gasteiger partial charge is 0.303 e. The summed E-state index contributed by atoms with van der Waals surface area (Å²) < 4.78 is 0. The molecule has 2 aromatic heterocycles. The fourth-order valence-electron chi connectivity index (χ4n) is 4.00. The molecule has 1 saturated heterocycles. The van der Waals surface area contributed by atoms with E-state index in [0.29, 0.717) is 5.92 Å². The van der Waals surface area contributed by atoms with E-state index in [1.807, 2.05) is 18.5 Å². The number of likely N-dealkylation sites (tertiary alicyclic amines) is 1. The highest BCUT2D eigenvalue weighted by Gasteiger charge is 2.23. The summed E-state index contributed by atoms with van der Waals surface area (Å²) in [6, 6.07) is 6.25. The summed E-state index contributed by atoms with van der Waals surface area (Å²) in [6.45, 7) is 3.71. The quantitative estimate of drug-likeness (QED) is 0.797. The molecule has 4 rings (SSSR count). The Labute approximate surface area is 138 Å². The smallest absolute Gasteiger partial charge is 0.0735 e. The van der Waals surface area contributed by atoms with E-state index in [9.17, 15) is 0 Å². The molecule has 0 saturated carbocycles. The maximum Gasteiger partial charge on any atom is 0.0735 e. The summed E-state index contributed by atoms with van der Waals surface area (Å²) in [6.07, 6.45) is 14.9. The highest BCUT2D eigenvalue weighted by Crippen LogP contribution is 2.29. The number of aromatic nitrogens is 2. The van der Waals surface area contributed by atoms with Crippen LogP contribution in [0.1, 0.15) is 43.7 Å². The number of rotatable bonds is 3. The third kappa shape index (κ3) is 3.45. The zero-order chi connectivity index (χ0) is 15.5. The molecule has 1 fully saturated rings. The first-order chi connectivity index (χ1) is 11.4. The van der Waals surface area contributed by atoms with Crippen molar-refractivity contribution in [3.05, 3.63) is 48.4 Å². The van der Waals surface area contributed by atoms with Crippen molar-refractivity contribution >= 4 is 10.9 Å². The van der Waals surface area contributed by atoms with Gasteiger partial charge in [-0.15, -0.1) is 0 Å². The van der Waals surface area contributed by atoms with Gasteiger partial charge in [0.15, 0.2) is 0 Å². The van der Waals surface area contributed by atoms with Gasteiger partial charge in [0.1, 0.15) is 0 Å². The monoisotopic (exact) mass is 307 g/mol. The average Bonchev–Trinajstić information content (AvgIpc) is 2.63. The number of nitrogens with zero attached hydrogens (tertiary/aromatic N) is 3. The number of pyridine rings is 2. The topological polar surface area (TPSA) is 29.0 Å². The van der Waals surface area contributed by atoms with Gasteiger partial charge in [0, 0.05) is 35.9 Å². The molecule has 0 amide bonds. The van der Waals surface area contributed by atoms with Crippen molar-refractivity contribution in [1.82, 2.24) is 14.9 Å². The van der Waals surface area contributed by atoms with Gasteiger partial charge < -0.3 is 4.90 Å². The lowest BCUT2D eigenvalue weighted by atomic mass is 9.90. The summed E-state index contributed by atoms with van der Waals surface area (Å²) in [5.74, 6) is 1.48. The lowest BCUT2D eigenvalue weighted by Gasteiger charge is -2.34. The predicted molar refractivity (Wildman–Crippen MR) is 94.4 cm³/mol. The summed E-state index contributed by atoms with van der Waals surface area (Å²) >= 11 is 0. The molecule has 23 heavy (non-hydrogen) atoms. The predicted octanol–water partition coefficient (Wildman–Crippen LogP) is 4.17. The summed E-state index contributed by atoms with van der Waals surface area (Å²) in [5.41, 5.74) is 2.31. The van der Waals surface area contributed by atoms with E-state index in [2.05, 4.69) is 34.2 Å². The number of allylic oxidation sites excluding steroid dienone is 2. The molecule has 2 aliphatic rings. The Kier molecular flexibility index (Phi) is 4.38. The zero-order valence-corrected chi connectivity index (χ0v) is 13.7. The van der Waals surface area contributed by atoms with Crippen LogP contribution >= 0.6 is 0 Å². The number of hydrogen-bond donors (Lipinski definition) is 0. The van der Waals surface area contributed by atoms with E-state index < -0.39 is 0 Å². The van der Waals surface area contributed by atoms with Crippen LogP contribution in [0, 0.1) is 5.92 Å². The van der Waals surface area contributed by atoms with Crippen molar-refractivity contribution in [2.75, 3.05) is 19.6 Å². The van der Waals surface area contributed by atoms with E-state index in [0.717, 1.165) is 16.8 Å². The second-order valence-corrected chi connectivity index (χ2v) is 7.03. The molecule has 3 heterocycles. The van der Waals surface area contributed by atoms with Gasteiger partial charge in [0.25, 0.3) is 0 Å². The van der Waals surface area contributed by atoms with E-state index >= 15 is 0 Å². The molecule has 0 radical (unpaired) electrons. The minimum atomic E-state index is 0.601. The zero-order valence-electron chi connectivity index (χ0n) is 13.7. The first kappa shape index (κ1) is 14.8. The van der Waals surface area contributed by atoms with Gasteiger partial charge in [0.05, 0.1) is 5.52 Å². The van der Waals surface area contributed by atoms with Crippen LogP contribution in [-0.2, 0) is 0 Å².